The van der Waals surface area contributed by atoms with Crippen LogP contribution in [0, 0.1) is 6.92 Å². The van der Waals surface area contributed by atoms with E-state index in [9.17, 15) is 18.0 Å². The number of rotatable bonds is 4. The highest BCUT2D eigenvalue weighted by Gasteiger charge is 2.35. The van der Waals surface area contributed by atoms with Crippen molar-refractivity contribution in [3.63, 3.8) is 0 Å². The Hall–Kier alpha value is -2.32. The molecule has 3 rings (SSSR count). The second-order valence-corrected chi connectivity index (χ2v) is 5.84. The van der Waals surface area contributed by atoms with Crippen molar-refractivity contribution in [2.45, 2.75) is 45.5 Å². The standard InChI is InChI=1S/C15H17F3N4O2/c1-9-5-6-11(24-9)13-19-14(22(20-13)8-15(16,17)18)10(2)21-7-3-4-12(21)23/h5-6,10H,3-4,7-8H2,1-2H3/t10-/m1/s1. The molecule has 24 heavy (non-hydrogen) atoms. The quantitative estimate of drug-likeness (QED) is 0.856. The van der Waals surface area contributed by atoms with Gasteiger partial charge in [0.25, 0.3) is 0 Å². The van der Waals surface area contributed by atoms with E-state index in [0.29, 0.717) is 30.9 Å². The first kappa shape index (κ1) is 16.5. The SMILES string of the molecule is Cc1ccc(-c2nc([C@@H](C)N3CCCC3=O)n(CC(F)(F)F)n2)o1. The average molecular weight is 342 g/mol. The molecule has 0 spiro atoms. The molecule has 0 N–H and O–H groups in total. The molecule has 0 bridgehead atoms. The van der Waals surface area contributed by atoms with Crippen LogP contribution in [0.1, 0.15) is 37.4 Å². The van der Waals surface area contributed by atoms with Crippen molar-refractivity contribution in [1.29, 1.82) is 0 Å². The number of furan rings is 1. The summed E-state index contributed by atoms with van der Waals surface area (Å²) in [5.74, 6) is 1.02. The fraction of sp³-hybridized carbons (Fsp3) is 0.533. The van der Waals surface area contributed by atoms with Crippen molar-refractivity contribution in [3.05, 3.63) is 23.7 Å². The summed E-state index contributed by atoms with van der Waals surface area (Å²) in [5.41, 5.74) is 0. The largest absolute Gasteiger partial charge is 0.458 e. The van der Waals surface area contributed by atoms with Gasteiger partial charge in [-0.15, -0.1) is 5.10 Å². The number of alkyl halides is 3. The Balaban J connectivity index is 1.98. The van der Waals surface area contributed by atoms with Gasteiger partial charge in [0.2, 0.25) is 11.7 Å². The summed E-state index contributed by atoms with van der Waals surface area (Å²) < 4.78 is 44.8. The van der Waals surface area contributed by atoms with Crippen LogP contribution in [-0.2, 0) is 11.3 Å². The van der Waals surface area contributed by atoms with Crippen molar-refractivity contribution >= 4 is 5.91 Å². The molecule has 1 aliphatic heterocycles. The average Bonchev–Trinajstić information content (AvgIpc) is 3.16. The first-order valence-corrected chi connectivity index (χ1v) is 7.62. The molecular formula is C15H17F3N4O2. The Morgan fingerprint density at radius 3 is 2.67 bits per heavy atom. The van der Waals surface area contributed by atoms with Crippen LogP contribution < -0.4 is 0 Å². The number of carbonyl (C=O) groups is 1. The number of aryl methyl sites for hydroxylation is 1. The van der Waals surface area contributed by atoms with Gasteiger partial charge in [-0.25, -0.2) is 9.67 Å². The number of aromatic nitrogens is 3. The molecule has 0 radical (unpaired) electrons. The van der Waals surface area contributed by atoms with E-state index in [4.69, 9.17) is 4.42 Å². The van der Waals surface area contributed by atoms with Crippen LogP contribution in [0.2, 0.25) is 0 Å². The van der Waals surface area contributed by atoms with E-state index in [0.717, 1.165) is 4.68 Å². The fourth-order valence-corrected chi connectivity index (χ4v) is 2.83. The zero-order valence-corrected chi connectivity index (χ0v) is 13.3. The van der Waals surface area contributed by atoms with Gasteiger partial charge < -0.3 is 9.32 Å². The van der Waals surface area contributed by atoms with Gasteiger partial charge in [-0.3, -0.25) is 4.79 Å². The predicted octanol–water partition coefficient (Wildman–Crippen LogP) is 3.09. The van der Waals surface area contributed by atoms with E-state index < -0.39 is 18.8 Å². The molecule has 9 heteroatoms. The highest BCUT2D eigenvalue weighted by Crippen LogP contribution is 2.29. The molecule has 2 aromatic heterocycles. The molecule has 2 aromatic rings. The fourth-order valence-electron chi connectivity index (χ4n) is 2.83. The molecule has 1 amide bonds. The van der Waals surface area contributed by atoms with Crippen molar-refractivity contribution in [3.8, 4) is 11.6 Å². The van der Waals surface area contributed by atoms with Gasteiger partial charge in [0.15, 0.2) is 11.6 Å². The van der Waals surface area contributed by atoms with Gasteiger partial charge in [0.05, 0.1) is 6.04 Å². The summed E-state index contributed by atoms with van der Waals surface area (Å²) in [6.07, 6.45) is -3.34. The third-order valence-electron chi connectivity index (χ3n) is 3.94. The molecule has 0 saturated carbocycles. The second-order valence-electron chi connectivity index (χ2n) is 5.84. The summed E-state index contributed by atoms with van der Waals surface area (Å²) in [6.45, 7) is 2.63. The summed E-state index contributed by atoms with van der Waals surface area (Å²) in [7, 11) is 0. The zero-order chi connectivity index (χ0) is 17.5. The van der Waals surface area contributed by atoms with E-state index in [1.807, 2.05) is 0 Å². The number of hydrogen-bond donors (Lipinski definition) is 0. The first-order chi connectivity index (χ1) is 11.2. The molecule has 130 valence electrons. The van der Waals surface area contributed by atoms with Gasteiger partial charge in [-0.1, -0.05) is 0 Å². The lowest BCUT2D eigenvalue weighted by Crippen LogP contribution is -2.31. The normalized spacial score (nSPS) is 16.9. The first-order valence-electron chi connectivity index (χ1n) is 7.62. The lowest BCUT2D eigenvalue weighted by Gasteiger charge is -2.24. The van der Waals surface area contributed by atoms with Crippen molar-refractivity contribution < 1.29 is 22.4 Å². The van der Waals surface area contributed by atoms with E-state index >= 15 is 0 Å². The highest BCUT2D eigenvalue weighted by atomic mass is 19.4. The predicted molar refractivity (Wildman–Crippen MR) is 77.9 cm³/mol. The number of nitrogens with zero attached hydrogens (tertiary/aromatic N) is 4. The van der Waals surface area contributed by atoms with Crippen LogP contribution in [-0.4, -0.2) is 38.3 Å². The van der Waals surface area contributed by atoms with E-state index in [1.165, 1.54) is 4.90 Å². The zero-order valence-electron chi connectivity index (χ0n) is 13.3. The van der Waals surface area contributed by atoms with Gasteiger partial charge in [-0.2, -0.15) is 13.2 Å². The van der Waals surface area contributed by atoms with Crippen LogP contribution in [0.15, 0.2) is 16.5 Å². The highest BCUT2D eigenvalue weighted by molar-refractivity contribution is 5.78. The Bertz CT molecular complexity index is 750. The molecule has 1 saturated heterocycles. The maximum atomic E-state index is 12.9. The summed E-state index contributed by atoms with van der Waals surface area (Å²) in [4.78, 5) is 17.7. The van der Waals surface area contributed by atoms with Gasteiger partial charge in [-0.05, 0) is 32.4 Å². The molecule has 6 nitrogen and oxygen atoms in total. The minimum atomic E-state index is -4.44. The smallest absolute Gasteiger partial charge is 0.408 e. The van der Waals surface area contributed by atoms with Crippen LogP contribution >= 0.6 is 0 Å². The molecule has 1 aliphatic rings. The molecule has 0 unspecified atom stereocenters. The summed E-state index contributed by atoms with van der Waals surface area (Å²) >= 11 is 0. The lowest BCUT2D eigenvalue weighted by molar-refractivity contribution is -0.143. The minimum absolute atomic E-state index is 0.0838. The van der Waals surface area contributed by atoms with Gasteiger partial charge >= 0.3 is 6.18 Å². The van der Waals surface area contributed by atoms with Crippen molar-refractivity contribution in [1.82, 2.24) is 19.7 Å². The van der Waals surface area contributed by atoms with Crippen LogP contribution in [0.3, 0.4) is 0 Å². The van der Waals surface area contributed by atoms with Gasteiger partial charge in [0, 0.05) is 13.0 Å². The van der Waals surface area contributed by atoms with E-state index in [2.05, 4.69) is 10.1 Å². The number of carbonyl (C=O) groups excluding carboxylic acids is 1. The molecule has 3 heterocycles. The Labute approximate surface area is 136 Å². The second kappa shape index (κ2) is 5.95. The topological polar surface area (TPSA) is 64.2 Å². The van der Waals surface area contributed by atoms with Crippen molar-refractivity contribution in [2.75, 3.05) is 6.54 Å². The molecule has 0 aliphatic carbocycles. The monoisotopic (exact) mass is 342 g/mol. The van der Waals surface area contributed by atoms with Crippen molar-refractivity contribution in [2.24, 2.45) is 0 Å². The van der Waals surface area contributed by atoms with Gasteiger partial charge in [0.1, 0.15) is 12.3 Å². The van der Waals surface area contributed by atoms with Crippen LogP contribution in [0.5, 0.6) is 0 Å². The number of halogens is 3. The third-order valence-corrected chi connectivity index (χ3v) is 3.94. The van der Waals surface area contributed by atoms with Crippen LogP contribution in [0.4, 0.5) is 13.2 Å². The molecular weight excluding hydrogens is 325 g/mol. The van der Waals surface area contributed by atoms with Crippen LogP contribution in [0.25, 0.3) is 11.6 Å². The maximum Gasteiger partial charge on any atom is 0.408 e. The summed E-state index contributed by atoms with van der Waals surface area (Å²) in [5, 5.41) is 3.95. The molecule has 1 fully saturated rings. The molecule has 0 aromatic carbocycles. The minimum Gasteiger partial charge on any atom is -0.458 e. The Morgan fingerprint density at radius 2 is 2.12 bits per heavy atom. The Kier molecular flexibility index (Phi) is 4.10. The Morgan fingerprint density at radius 1 is 1.38 bits per heavy atom. The maximum absolute atomic E-state index is 12.9. The molecule has 1 atom stereocenters. The number of hydrogen-bond acceptors (Lipinski definition) is 4. The lowest BCUT2D eigenvalue weighted by atomic mass is 10.2. The number of likely N-dealkylation sites (tertiary alicyclic amines) is 1. The summed E-state index contributed by atoms with van der Waals surface area (Å²) in [6, 6.07) is 2.71. The number of amides is 1. The van der Waals surface area contributed by atoms with E-state index in [-0.39, 0.29) is 17.6 Å². The third kappa shape index (κ3) is 3.29. The van der Waals surface area contributed by atoms with E-state index in [1.54, 1.807) is 26.0 Å².